The first-order valence-corrected chi connectivity index (χ1v) is 9.68. The first-order chi connectivity index (χ1) is 12.8. The fourth-order valence-corrected chi connectivity index (χ4v) is 3.09. The number of nitrogens with zero attached hydrogens (tertiary/aromatic N) is 2. The molecule has 0 aliphatic rings. The van der Waals surface area contributed by atoms with Crippen LogP contribution >= 0.6 is 0 Å². The highest BCUT2D eigenvalue weighted by atomic mass is 32.2. The second-order valence-electron chi connectivity index (χ2n) is 5.72. The van der Waals surface area contributed by atoms with Gasteiger partial charge >= 0.3 is 6.09 Å². The van der Waals surface area contributed by atoms with E-state index in [0.29, 0.717) is 16.9 Å². The fourth-order valence-electron chi connectivity index (χ4n) is 2.46. The smallest absolute Gasteiger partial charge is 0.412 e. The average Bonchev–Trinajstić information content (AvgIpc) is 3.05. The highest BCUT2D eigenvalue weighted by Crippen LogP contribution is 2.27. The second-order valence-corrected chi connectivity index (χ2v) is 7.73. The minimum Gasteiger partial charge on any atom is -0.453 e. The summed E-state index contributed by atoms with van der Waals surface area (Å²) in [6, 6.07) is 13.5. The molecule has 2 aromatic carbocycles. The van der Waals surface area contributed by atoms with Gasteiger partial charge < -0.3 is 4.74 Å². The summed E-state index contributed by atoms with van der Waals surface area (Å²) >= 11 is 0. The van der Waals surface area contributed by atoms with Crippen molar-refractivity contribution in [3.05, 3.63) is 60.4 Å². The molecule has 0 fully saturated rings. The number of ether oxygens (including phenoxy) is 1. The topological polar surface area (TPSA) is 90.3 Å². The van der Waals surface area contributed by atoms with E-state index < -0.39 is 21.7 Å². The number of nitrogens with one attached hydrogen (secondary N) is 1. The van der Waals surface area contributed by atoms with Crippen LogP contribution in [-0.2, 0) is 14.6 Å². The molecular weight excluding hydrogens is 373 g/mol. The SMILES string of the molecule is COC(=O)Nc1cc(-c2ccc(S(C)(=O)=O)cc2)n(-c2ccc(F)cc2)n1. The third-order valence-electron chi connectivity index (χ3n) is 3.77. The number of rotatable bonds is 4. The van der Waals surface area contributed by atoms with E-state index in [1.54, 1.807) is 30.3 Å². The molecule has 0 atom stereocenters. The molecule has 0 bridgehead atoms. The molecule has 140 valence electrons. The molecule has 0 aliphatic carbocycles. The van der Waals surface area contributed by atoms with E-state index in [4.69, 9.17) is 0 Å². The van der Waals surface area contributed by atoms with Crippen LogP contribution in [0.1, 0.15) is 0 Å². The number of methoxy groups -OCH3 is 1. The van der Waals surface area contributed by atoms with E-state index in [2.05, 4.69) is 15.2 Å². The molecule has 1 heterocycles. The minimum atomic E-state index is -3.32. The Labute approximate surface area is 155 Å². The normalized spacial score (nSPS) is 11.2. The number of anilines is 1. The first kappa shape index (κ1) is 18.6. The molecule has 1 aromatic heterocycles. The van der Waals surface area contributed by atoms with Gasteiger partial charge in [-0.05, 0) is 36.4 Å². The summed E-state index contributed by atoms with van der Waals surface area (Å²) in [4.78, 5) is 11.7. The average molecular weight is 389 g/mol. The summed E-state index contributed by atoms with van der Waals surface area (Å²) in [5.74, 6) is -0.161. The van der Waals surface area contributed by atoms with Gasteiger partial charge in [0.2, 0.25) is 0 Å². The highest BCUT2D eigenvalue weighted by molar-refractivity contribution is 7.90. The van der Waals surface area contributed by atoms with E-state index in [9.17, 15) is 17.6 Å². The quantitative estimate of drug-likeness (QED) is 0.740. The van der Waals surface area contributed by atoms with Crippen molar-refractivity contribution in [3.63, 3.8) is 0 Å². The Morgan fingerprint density at radius 3 is 2.30 bits per heavy atom. The van der Waals surface area contributed by atoms with Crippen LogP contribution in [0.25, 0.3) is 16.9 Å². The number of hydrogen-bond acceptors (Lipinski definition) is 5. The van der Waals surface area contributed by atoms with Gasteiger partial charge in [0.25, 0.3) is 0 Å². The largest absolute Gasteiger partial charge is 0.453 e. The van der Waals surface area contributed by atoms with Gasteiger partial charge in [-0.1, -0.05) is 12.1 Å². The third kappa shape index (κ3) is 4.14. The Morgan fingerprint density at radius 1 is 1.11 bits per heavy atom. The van der Waals surface area contributed by atoms with Crippen LogP contribution in [0.5, 0.6) is 0 Å². The van der Waals surface area contributed by atoms with Gasteiger partial charge in [-0.25, -0.2) is 22.3 Å². The van der Waals surface area contributed by atoms with Crippen molar-refractivity contribution in [3.8, 4) is 16.9 Å². The van der Waals surface area contributed by atoms with Crippen molar-refractivity contribution < 1.29 is 22.3 Å². The van der Waals surface area contributed by atoms with E-state index in [0.717, 1.165) is 6.26 Å². The van der Waals surface area contributed by atoms with Gasteiger partial charge in [0.15, 0.2) is 15.7 Å². The van der Waals surface area contributed by atoms with E-state index in [-0.39, 0.29) is 10.7 Å². The lowest BCUT2D eigenvalue weighted by molar-refractivity contribution is 0.187. The van der Waals surface area contributed by atoms with Crippen LogP contribution in [0.2, 0.25) is 0 Å². The Balaban J connectivity index is 2.09. The van der Waals surface area contributed by atoms with Crippen LogP contribution in [0.4, 0.5) is 15.0 Å². The fraction of sp³-hybridized carbons (Fsp3) is 0.111. The number of hydrogen-bond donors (Lipinski definition) is 1. The zero-order chi connectivity index (χ0) is 19.6. The number of sulfone groups is 1. The predicted molar refractivity (Wildman–Crippen MR) is 98.1 cm³/mol. The number of carbonyl (C=O) groups excluding carboxylic acids is 1. The lowest BCUT2D eigenvalue weighted by Crippen LogP contribution is -2.11. The van der Waals surface area contributed by atoms with Gasteiger partial charge in [-0.15, -0.1) is 5.10 Å². The summed E-state index contributed by atoms with van der Waals surface area (Å²) in [6.07, 6.45) is 0.445. The predicted octanol–water partition coefficient (Wildman–Crippen LogP) is 3.26. The summed E-state index contributed by atoms with van der Waals surface area (Å²) in [7, 11) is -2.09. The Bertz CT molecular complexity index is 1070. The maximum absolute atomic E-state index is 13.2. The maximum Gasteiger partial charge on any atom is 0.412 e. The molecule has 0 radical (unpaired) electrons. The highest BCUT2D eigenvalue weighted by Gasteiger charge is 2.15. The van der Waals surface area contributed by atoms with Crippen LogP contribution in [0.15, 0.2) is 59.5 Å². The first-order valence-electron chi connectivity index (χ1n) is 7.79. The monoisotopic (exact) mass is 389 g/mol. The van der Waals surface area contributed by atoms with Gasteiger partial charge in [0.1, 0.15) is 5.82 Å². The number of halogens is 1. The lowest BCUT2D eigenvalue weighted by atomic mass is 10.1. The number of aromatic nitrogens is 2. The molecule has 1 N–H and O–H groups in total. The van der Waals surface area contributed by atoms with E-state index in [1.807, 2.05) is 0 Å². The molecule has 0 spiro atoms. The molecule has 7 nitrogen and oxygen atoms in total. The van der Waals surface area contributed by atoms with Crippen molar-refractivity contribution >= 4 is 21.7 Å². The molecule has 0 saturated carbocycles. The van der Waals surface area contributed by atoms with Crippen LogP contribution in [-0.4, -0.2) is 37.7 Å². The summed E-state index contributed by atoms with van der Waals surface area (Å²) in [5.41, 5.74) is 1.81. The molecule has 1 amide bonds. The summed E-state index contributed by atoms with van der Waals surface area (Å²) in [5, 5.41) is 6.79. The van der Waals surface area contributed by atoms with Crippen molar-refractivity contribution in [2.45, 2.75) is 4.90 Å². The number of carbonyl (C=O) groups is 1. The zero-order valence-electron chi connectivity index (χ0n) is 14.5. The number of benzene rings is 2. The molecule has 0 unspecified atom stereocenters. The third-order valence-corrected chi connectivity index (χ3v) is 4.90. The van der Waals surface area contributed by atoms with E-state index >= 15 is 0 Å². The maximum atomic E-state index is 13.2. The summed E-state index contributed by atoms with van der Waals surface area (Å²) in [6.45, 7) is 0. The summed E-state index contributed by atoms with van der Waals surface area (Å²) < 4.78 is 42.6. The molecule has 3 aromatic rings. The van der Waals surface area contributed by atoms with Crippen molar-refractivity contribution in [2.75, 3.05) is 18.7 Å². The minimum absolute atomic E-state index is 0.187. The second kappa shape index (κ2) is 7.20. The molecule has 0 aliphatic heterocycles. The molecule has 0 saturated heterocycles. The molecule has 3 rings (SSSR count). The van der Waals surface area contributed by atoms with Crippen molar-refractivity contribution in [1.29, 1.82) is 0 Å². The van der Waals surface area contributed by atoms with Crippen LogP contribution in [0.3, 0.4) is 0 Å². The lowest BCUT2D eigenvalue weighted by Gasteiger charge is -2.08. The Morgan fingerprint density at radius 2 is 1.74 bits per heavy atom. The standard InChI is InChI=1S/C18H16FN3O4S/c1-26-18(23)20-17-11-16(12-3-9-15(10-4-12)27(2,24)25)22(21-17)14-7-5-13(19)6-8-14/h3-11H,1-2H3,(H,20,21,23). The number of amides is 1. The van der Waals surface area contributed by atoms with Gasteiger partial charge in [-0.3, -0.25) is 5.32 Å². The van der Waals surface area contributed by atoms with Crippen LogP contribution < -0.4 is 5.32 Å². The van der Waals surface area contributed by atoms with Crippen LogP contribution in [0, 0.1) is 5.82 Å². The molecular formula is C18H16FN3O4S. The van der Waals surface area contributed by atoms with Gasteiger partial charge in [0.05, 0.1) is 23.4 Å². The Kier molecular flexibility index (Phi) is 4.95. The van der Waals surface area contributed by atoms with Crippen molar-refractivity contribution in [2.24, 2.45) is 0 Å². The van der Waals surface area contributed by atoms with E-state index in [1.165, 1.54) is 36.1 Å². The molecule has 9 heteroatoms. The Hall–Kier alpha value is -3.20. The van der Waals surface area contributed by atoms with Gasteiger partial charge in [0, 0.05) is 17.9 Å². The van der Waals surface area contributed by atoms with Crippen molar-refractivity contribution in [1.82, 2.24) is 9.78 Å². The molecule has 27 heavy (non-hydrogen) atoms. The van der Waals surface area contributed by atoms with Gasteiger partial charge in [-0.2, -0.15) is 0 Å². The zero-order valence-corrected chi connectivity index (χ0v) is 15.3.